The fourth-order valence-electron chi connectivity index (χ4n) is 2.56. The van der Waals surface area contributed by atoms with Gasteiger partial charge in [-0.2, -0.15) is 0 Å². The summed E-state index contributed by atoms with van der Waals surface area (Å²) in [6, 6.07) is -0.213. The third-order valence-electron chi connectivity index (χ3n) is 3.79. The molecule has 1 heterocycles. The minimum absolute atomic E-state index is 0.0332. The van der Waals surface area contributed by atoms with Gasteiger partial charge in [0.05, 0.1) is 11.6 Å². The van der Waals surface area contributed by atoms with Gasteiger partial charge in [0, 0.05) is 6.54 Å². The fourth-order valence-corrected chi connectivity index (χ4v) is 2.56. The van der Waals surface area contributed by atoms with Crippen LogP contribution in [0.4, 0.5) is 0 Å². The minimum atomic E-state index is -0.379. The molecule has 0 bridgehead atoms. The number of nitrogens with one attached hydrogen (secondary N) is 1. The van der Waals surface area contributed by atoms with Crippen molar-refractivity contribution >= 4 is 5.91 Å². The van der Waals surface area contributed by atoms with E-state index < -0.39 is 0 Å². The second kappa shape index (κ2) is 5.10. The summed E-state index contributed by atoms with van der Waals surface area (Å²) >= 11 is 0. The lowest BCUT2D eigenvalue weighted by Gasteiger charge is -2.27. The molecule has 5 heteroatoms. The van der Waals surface area contributed by atoms with Crippen LogP contribution in [0.3, 0.4) is 0 Å². The molecule has 1 aliphatic rings. The van der Waals surface area contributed by atoms with Crippen LogP contribution in [-0.2, 0) is 4.79 Å². The van der Waals surface area contributed by atoms with Crippen molar-refractivity contribution in [2.24, 2.45) is 11.1 Å². The number of carbonyl (C=O) groups is 1. The molecule has 3 N–H and O–H groups in total. The molecule has 1 unspecified atom stereocenters. The van der Waals surface area contributed by atoms with Crippen molar-refractivity contribution in [1.29, 1.82) is 0 Å². The Kier molecular flexibility index (Phi) is 3.71. The van der Waals surface area contributed by atoms with Crippen molar-refractivity contribution in [3.63, 3.8) is 0 Å². The summed E-state index contributed by atoms with van der Waals surface area (Å²) in [5, 5.41) is 2.97. The van der Waals surface area contributed by atoms with Gasteiger partial charge in [-0.1, -0.05) is 12.8 Å². The van der Waals surface area contributed by atoms with Crippen molar-refractivity contribution in [1.82, 2.24) is 10.3 Å². The molecule has 1 saturated carbocycles. The average molecular weight is 251 g/mol. The van der Waals surface area contributed by atoms with E-state index in [0.29, 0.717) is 12.4 Å². The van der Waals surface area contributed by atoms with Crippen molar-refractivity contribution in [3.05, 3.63) is 17.8 Å². The van der Waals surface area contributed by atoms with Crippen molar-refractivity contribution in [2.45, 2.75) is 45.6 Å². The van der Waals surface area contributed by atoms with E-state index in [-0.39, 0.29) is 17.4 Å². The first-order chi connectivity index (χ1) is 8.57. The summed E-state index contributed by atoms with van der Waals surface area (Å²) in [6.07, 6.45) is 5.58. The summed E-state index contributed by atoms with van der Waals surface area (Å²) in [5.74, 6) is 1.33. The number of hydrogen-bond acceptors (Lipinski definition) is 4. The zero-order chi connectivity index (χ0) is 13.2. The first kappa shape index (κ1) is 13.1. The number of carbonyl (C=O) groups excluding carboxylic acids is 1. The van der Waals surface area contributed by atoms with Crippen LogP contribution in [0, 0.1) is 12.3 Å². The van der Waals surface area contributed by atoms with Crippen molar-refractivity contribution in [2.75, 3.05) is 6.54 Å². The highest BCUT2D eigenvalue weighted by molar-refractivity contribution is 5.83. The molecule has 18 heavy (non-hydrogen) atoms. The van der Waals surface area contributed by atoms with Crippen LogP contribution in [0.1, 0.15) is 50.3 Å². The van der Waals surface area contributed by atoms with Gasteiger partial charge in [0.15, 0.2) is 0 Å². The molecular formula is C13H21N3O2. The van der Waals surface area contributed by atoms with Crippen LogP contribution in [0.15, 0.2) is 10.6 Å². The van der Waals surface area contributed by atoms with E-state index in [9.17, 15) is 4.79 Å². The quantitative estimate of drug-likeness (QED) is 0.853. The Morgan fingerprint density at radius 1 is 1.61 bits per heavy atom. The van der Waals surface area contributed by atoms with E-state index in [2.05, 4.69) is 10.3 Å². The molecule has 1 aromatic heterocycles. The monoisotopic (exact) mass is 251 g/mol. The molecular weight excluding hydrogens is 230 g/mol. The Morgan fingerprint density at radius 3 is 2.78 bits per heavy atom. The number of aromatic nitrogens is 1. The topological polar surface area (TPSA) is 81.2 Å². The second-order valence-corrected chi connectivity index (χ2v) is 5.20. The summed E-state index contributed by atoms with van der Waals surface area (Å²) in [5.41, 5.74) is 5.41. The minimum Gasteiger partial charge on any atom is -0.444 e. The van der Waals surface area contributed by atoms with Gasteiger partial charge >= 0.3 is 0 Å². The molecule has 0 radical (unpaired) electrons. The zero-order valence-electron chi connectivity index (χ0n) is 11.0. The maximum absolute atomic E-state index is 12.3. The molecule has 2 rings (SSSR count). The summed E-state index contributed by atoms with van der Waals surface area (Å²) in [7, 11) is 0. The molecule has 0 aliphatic heterocycles. The standard InChI is InChI=1S/C13H21N3O2/c1-9-7-15-11(18-9)10(2)16-12(17)13(8-14)5-3-4-6-13/h7,10H,3-6,8,14H2,1-2H3,(H,16,17). The van der Waals surface area contributed by atoms with Crippen LogP contribution in [0.25, 0.3) is 0 Å². The van der Waals surface area contributed by atoms with Crippen LogP contribution in [0.5, 0.6) is 0 Å². The second-order valence-electron chi connectivity index (χ2n) is 5.20. The molecule has 1 aliphatic carbocycles. The first-order valence-electron chi connectivity index (χ1n) is 6.51. The predicted octanol–water partition coefficient (Wildman–Crippen LogP) is 1.68. The van der Waals surface area contributed by atoms with Crippen LogP contribution < -0.4 is 11.1 Å². The molecule has 1 atom stereocenters. The number of nitrogens with two attached hydrogens (primary N) is 1. The molecule has 0 saturated heterocycles. The van der Waals surface area contributed by atoms with E-state index in [1.807, 2.05) is 13.8 Å². The van der Waals surface area contributed by atoms with Gasteiger partial charge in [-0.05, 0) is 26.7 Å². The molecule has 1 amide bonds. The van der Waals surface area contributed by atoms with E-state index in [0.717, 1.165) is 31.4 Å². The number of rotatable bonds is 4. The number of hydrogen-bond donors (Lipinski definition) is 2. The molecule has 0 aromatic carbocycles. The molecule has 1 aromatic rings. The Bertz CT molecular complexity index is 422. The van der Waals surface area contributed by atoms with E-state index in [1.165, 1.54) is 0 Å². The average Bonchev–Trinajstić information content (AvgIpc) is 2.97. The third kappa shape index (κ3) is 2.41. The Hall–Kier alpha value is -1.36. The third-order valence-corrected chi connectivity index (χ3v) is 3.79. The lowest BCUT2D eigenvalue weighted by molar-refractivity contribution is -0.131. The van der Waals surface area contributed by atoms with Gasteiger partial charge in [0.25, 0.3) is 0 Å². The highest BCUT2D eigenvalue weighted by atomic mass is 16.4. The highest BCUT2D eigenvalue weighted by Gasteiger charge is 2.40. The van der Waals surface area contributed by atoms with Gasteiger partial charge < -0.3 is 15.5 Å². The maximum Gasteiger partial charge on any atom is 0.228 e. The van der Waals surface area contributed by atoms with E-state index in [4.69, 9.17) is 10.2 Å². The fraction of sp³-hybridized carbons (Fsp3) is 0.692. The number of amides is 1. The number of oxazole rings is 1. The van der Waals surface area contributed by atoms with Crippen molar-refractivity contribution in [3.8, 4) is 0 Å². The lowest BCUT2D eigenvalue weighted by atomic mass is 9.85. The van der Waals surface area contributed by atoms with Crippen LogP contribution in [-0.4, -0.2) is 17.4 Å². The van der Waals surface area contributed by atoms with Crippen LogP contribution in [0.2, 0.25) is 0 Å². The predicted molar refractivity (Wildman–Crippen MR) is 67.8 cm³/mol. The van der Waals surface area contributed by atoms with Gasteiger partial charge in [-0.15, -0.1) is 0 Å². The summed E-state index contributed by atoms with van der Waals surface area (Å²) < 4.78 is 5.42. The summed E-state index contributed by atoms with van der Waals surface area (Å²) in [4.78, 5) is 16.5. The van der Waals surface area contributed by atoms with E-state index >= 15 is 0 Å². The Labute approximate surface area is 107 Å². The van der Waals surface area contributed by atoms with Gasteiger partial charge in [0.2, 0.25) is 11.8 Å². The van der Waals surface area contributed by atoms with E-state index in [1.54, 1.807) is 6.20 Å². The van der Waals surface area contributed by atoms with Crippen LogP contribution >= 0.6 is 0 Å². The first-order valence-corrected chi connectivity index (χ1v) is 6.51. The molecule has 0 spiro atoms. The molecule has 100 valence electrons. The zero-order valence-corrected chi connectivity index (χ0v) is 11.0. The summed E-state index contributed by atoms with van der Waals surface area (Å²) in [6.45, 7) is 4.13. The lowest BCUT2D eigenvalue weighted by Crippen LogP contribution is -2.45. The van der Waals surface area contributed by atoms with Gasteiger partial charge in [-0.3, -0.25) is 4.79 Å². The molecule has 5 nitrogen and oxygen atoms in total. The van der Waals surface area contributed by atoms with Gasteiger partial charge in [0.1, 0.15) is 11.8 Å². The Morgan fingerprint density at radius 2 is 2.28 bits per heavy atom. The number of aryl methyl sites for hydroxylation is 1. The Balaban J connectivity index is 2.02. The number of nitrogens with zero attached hydrogens (tertiary/aromatic N) is 1. The largest absolute Gasteiger partial charge is 0.444 e. The molecule has 1 fully saturated rings. The maximum atomic E-state index is 12.3. The smallest absolute Gasteiger partial charge is 0.228 e. The van der Waals surface area contributed by atoms with Crippen molar-refractivity contribution < 1.29 is 9.21 Å². The highest BCUT2D eigenvalue weighted by Crippen LogP contribution is 2.37. The normalized spacial score (nSPS) is 19.7. The SMILES string of the molecule is Cc1cnc(C(C)NC(=O)C2(CN)CCCC2)o1. The van der Waals surface area contributed by atoms with Gasteiger partial charge in [-0.25, -0.2) is 4.98 Å².